The monoisotopic (exact) mass is 482 g/mol. The average molecular weight is 483 g/mol. The van der Waals surface area contributed by atoms with Crippen molar-refractivity contribution < 1.29 is 14.0 Å². The molecule has 0 spiro atoms. The van der Waals surface area contributed by atoms with E-state index in [0.29, 0.717) is 11.6 Å². The van der Waals surface area contributed by atoms with E-state index in [2.05, 4.69) is 20.7 Å². The molecule has 1 atom stereocenters. The molecule has 2 saturated carbocycles. The Morgan fingerprint density at radius 1 is 1.18 bits per heavy atom. The normalized spacial score (nSPS) is 17.8. The molecule has 9 nitrogen and oxygen atoms in total. The Morgan fingerprint density at radius 3 is 2.62 bits per heavy atom. The second kappa shape index (κ2) is 10.1. The summed E-state index contributed by atoms with van der Waals surface area (Å²) in [6, 6.07) is 7.05. The number of amides is 2. The van der Waals surface area contributed by atoms with E-state index in [1.165, 1.54) is 16.1 Å². The molecule has 0 saturated heterocycles. The van der Waals surface area contributed by atoms with Gasteiger partial charge < -0.3 is 14.6 Å². The Kier molecular flexibility index (Phi) is 6.75. The standard InChI is InChI=1S/C24H30N6O3S/c1-16-12-13-19(33-16)23-26-28-29(27-23)15-21(31)30(18-9-4-5-10-18)22(20-11-6-14-34-20)24(32)25-17-7-2-3-8-17/h6,11-14,17-18,22H,2-5,7-10,15H2,1H3,(H,25,32). The summed E-state index contributed by atoms with van der Waals surface area (Å²) in [7, 11) is 0. The van der Waals surface area contributed by atoms with Crippen molar-refractivity contribution in [3.8, 4) is 11.6 Å². The van der Waals surface area contributed by atoms with Crippen LogP contribution in [0.1, 0.15) is 68.0 Å². The van der Waals surface area contributed by atoms with Gasteiger partial charge in [-0.25, -0.2) is 0 Å². The summed E-state index contributed by atoms with van der Waals surface area (Å²) in [6.07, 6.45) is 8.16. The Bertz CT molecular complexity index is 1110. The highest BCUT2D eigenvalue weighted by Crippen LogP contribution is 2.34. The Hall–Kier alpha value is -3.01. The fourth-order valence-corrected chi connectivity index (χ4v) is 5.92. The molecule has 180 valence electrons. The van der Waals surface area contributed by atoms with Gasteiger partial charge in [-0.1, -0.05) is 31.7 Å². The smallest absolute Gasteiger partial charge is 0.248 e. The number of nitrogens with one attached hydrogen (secondary N) is 1. The Balaban J connectivity index is 1.40. The number of carbonyl (C=O) groups is 2. The van der Waals surface area contributed by atoms with Crippen molar-refractivity contribution in [1.29, 1.82) is 0 Å². The van der Waals surface area contributed by atoms with Crippen molar-refractivity contribution in [2.75, 3.05) is 0 Å². The highest BCUT2D eigenvalue weighted by Gasteiger charge is 2.39. The maximum absolute atomic E-state index is 13.7. The Morgan fingerprint density at radius 2 is 1.94 bits per heavy atom. The number of nitrogens with zero attached hydrogens (tertiary/aromatic N) is 5. The van der Waals surface area contributed by atoms with E-state index in [0.717, 1.165) is 62.0 Å². The highest BCUT2D eigenvalue weighted by atomic mass is 32.1. The minimum Gasteiger partial charge on any atom is -0.458 e. The predicted molar refractivity (Wildman–Crippen MR) is 127 cm³/mol. The van der Waals surface area contributed by atoms with E-state index in [1.54, 1.807) is 11.0 Å². The predicted octanol–water partition coefficient (Wildman–Crippen LogP) is 3.87. The van der Waals surface area contributed by atoms with Crippen LogP contribution in [0.15, 0.2) is 34.1 Å². The van der Waals surface area contributed by atoms with Crippen molar-refractivity contribution in [3.63, 3.8) is 0 Å². The zero-order valence-electron chi connectivity index (χ0n) is 19.4. The summed E-state index contributed by atoms with van der Waals surface area (Å²) in [5.74, 6) is 1.33. The molecule has 0 radical (unpaired) electrons. The van der Waals surface area contributed by atoms with Crippen molar-refractivity contribution >= 4 is 23.2 Å². The van der Waals surface area contributed by atoms with E-state index in [4.69, 9.17) is 4.42 Å². The van der Waals surface area contributed by atoms with Crippen molar-refractivity contribution in [1.82, 2.24) is 30.4 Å². The van der Waals surface area contributed by atoms with Crippen LogP contribution in [0.2, 0.25) is 0 Å². The van der Waals surface area contributed by atoms with Crippen LogP contribution in [0.4, 0.5) is 0 Å². The number of tetrazole rings is 1. The first-order valence-electron chi connectivity index (χ1n) is 12.1. The van der Waals surface area contributed by atoms with E-state index in [-0.39, 0.29) is 30.4 Å². The molecule has 0 bridgehead atoms. The van der Waals surface area contributed by atoms with Gasteiger partial charge in [0.05, 0.1) is 0 Å². The molecule has 2 fully saturated rings. The lowest BCUT2D eigenvalue weighted by molar-refractivity contribution is -0.144. The van der Waals surface area contributed by atoms with E-state index < -0.39 is 6.04 Å². The van der Waals surface area contributed by atoms with Crippen LogP contribution >= 0.6 is 11.3 Å². The summed E-state index contributed by atoms with van der Waals surface area (Å²) < 4.78 is 5.57. The Labute approximate surface area is 202 Å². The van der Waals surface area contributed by atoms with Crippen LogP contribution in [0.3, 0.4) is 0 Å². The van der Waals surface area contributed by atoms with E-state index in [9.17, 15) is 9.59 Å². The molecule has 5 rings (SSSR count). The number of hydrogen-bond acceptors (Lipinski definition) is 7. The van der Waals surface area contributed by atoms with Gasteiger partial charge in [-0.05, 0) is 61.4 Å². The van der Waals surface area contributed by atoms with E-state index in [1.807, 2.05) is 30.5 Å². The van der Waals surface area contributed by atoms with Gasteiger partial charge in [0, 0.05) is 17.0 Å². The molecule has 3 heterocycles. The lowest BCUT2D eigenvalue weighted by Crippen LogP contribution is -2.50. The maximum atomic E-state index is 13.7. The summed E-state index contributed by atoms with van der Waals surface area (Å²) >= 11 is 1.51. The second-order valence-corrected chi connectivity index (χ2v) is 10.2. The molecule has 0 aliphatic heterocycles. The van der Waals surface area contributed by atoms with Gasteiger partial charge >= 0.3 is 0 Å². The summed E-state index contributed by atoms with van der Waals surface area (Å²) in [4.78, 5) is 31.3. The topological polar surface area (TPSA) is 106 Å². The molecule has 0 aromatic carbocycles. The first-order valence-corrected chi connectivity index (χ1v) is 13.0. The van der Waals surface area contributed by atoms with Crippen molar-refractivity contribution in [2.24, 2.45) is 0 Å². The van der Waals surface area contributed by atoms with Gasteiger partial charge in [-0.15, -0.1) is 21.5 Å². The van der Waals surface area contributed by atoms with Crippen molar-refractivity contribution in [3.05, 3.63) is 40.3 Å². The molecule has 10 heteroatoms. The number of aromatic nitrogens is 4. The summed E-state index contributed by atoms with van der Waals surface area (Å²) in [5, 5.41) is 17.7. The van der Waals surface area contributed by atoms with Crippen LogP contribution in [-0.2, 0) is 16.1 Å². The molecule has 3 aromatic rings. The summed E-state index contributed by atoms with van der Waals surface area (Å²) in [6.45, 7) is 1.76. The van der Waals surface area contributed by atoms with Crippen molar-refractivity contribution in [2.45, 2.75) is 83.0 Å². The van der Waals surface area contributed by atoms with Crippen LogP contribution in [0.25, 0.3) is 11.6 Å². The largest absolute Gasteiger partial charge is 0.458 e. The van der Waals surface area contributed by atoms with Gasteiger partial charge in [-0.2, -0.15) is 4.80 Å². The minimum atomic E-state index is -0.646. The highest BCUT2D eigenvalue weighted by molar-refractivity contribution is 7.10. The number of aryl methyl sites for hydroxylation is 1. The van der Waals surface area contributed by atoms with Crippen LogP contribution in [0.5, 0.6) is 0 Å². The molecule has 1 unspecified atom stereocenters. The molecular formula is C24H30N6O3S. The fraction of sp³-hybridized carbons (Fsp3) is 0.542. The van der Waals surface area contributed by atoms with Gasteiger partial charge in [0.2, 0.25) is 17.6 Å². The third-order valence-electron chi connectivity index (χ3n) is 6.74. The number of rotatable bonds is 8. The minimum absolute atomic E-state index is 0.0182. The number of hydrogen-bond donors (Lipinski definition) is 1. The summed E-state index contributed by atoms with van der Waals surface area (Å²) in [5.41, 5.74) is 0. The second-order valence-electron chi connectivity index (χ2n) is 9.20. The third kappa shape index (κ3) is 4.91. The van der Waals surface area contributed by atoms with Crippen LogP contribution in [0, 0.1) is 6.92 Å². The molecule has 2 aliphatic rings. The van der Waals surface area contributed by atoms with E-state index >= 15 is 0 Å². The van der Waals surface area contributed by atoms with Crippen LogP contribution in [-0.4, -0.2) is 49.0 Å². The SMILES string of the molecule is Cc1ccc(-c2nnn(CC(=O)N(C3CCCC3)C(C(=O)NC3CCCC3)c3cccs3)n2)o1. The molecular weight excluding hydrogens is 452 g/mol. The van der Waals surface area contributed by atoms with Gasteiger partial charge in [0.1, 0.15) is 18.3 Å². The number of carbonyl (C=O) groups excluding carboxylic acids is 2. The van der Waals surface area contributed by atoms with Gasteiger partial charge in [0.15, 0.2) is 5.76 Å². The molecule has 2 aliphatic carbocycles. The maximum Gasteiger partial charge on any atom is 0.248 e. The molecule has 3 aromatic heterocycles. The first-order chi connectivity index (χ1) is 16.6. The lowest BCUT2D eigenvalue weighted by Gasteiger charge is -2.35. The number of furan rings is 1. The first kappa shape index (κ1) is 22.8. The molecule has 1 N–H and O–H groups in total. The average Bonchev–Trinajstić information content (AvgIpc) is 3.63. The molecule has 2 amide bonds. The number of thiophene rings is 1. The van der Waals surface area contributed by atoms with Crippen LogP contribution < -0.4 is 5.32 Å². The fourth-order valence-electron chi connectivity index (χ4n) is 5.10. The third-order valence-corrected chi connectivity index (χ3v) is 7.66. The van der Waals surface area contributed by atoms with Gasteiger partial charge in [0.25, 0.3) is 0 Å². The zero-order valence-corrected chi connectivity index (χ0v) is 20.2. The zero-order chi connectivity index (χ0) is 23.5. The molecule has 34 heavy (non-hydrogen) atoms. The van der Waals surface area contributed by atoms with Gasteiger partial charge in [-0.3, -0.25) is 9.59 Å². The lowest BCUT2D eigenvalue weighted by atomic mass is 10.1. The quantitative estimate of drug-likeness (QED) is 0.522.